The highest BCUT2D eigenvalue weighted by Crippen LogP contribution is 2.33. The van der Waals surface area contributed by atoms with Crippen LogP contribution in [0.25, 0.3) is 10.8 Å². The minimum atomic E-state index is -0.288. The van der Waals surface area contributed by atoms with Gasteiger partial charge in [-0.05, 0) is 40.8 Å². The molecular weight excluding hydrogens is 412 g/mol. The van der Waals surface area contributed by atoms with Crippen LogP contribution in [0.3, 0.4) is 0 Å². The molecule has 1 amide bonds. The van der Waals surface area contributed by atoms with E-state index in [1.54, 1.807) is 0 Å². The number of ether oxygens (including phenoxy) is 1. The van der Waals surface area contributed by atoms with E-state index in [2.05, 4.69) is 30.3 Å². The molecule has 1 aliphatic carbocycles. The van der Waals surface area contributed by atoms with E-state index in [4.69, 9.17) is 9.84 Å². The van der Waals surface area contributed by atoms with E-state index in [-0.39, 0.29) is 30.4 Å². The van der Waals surface area contributed by atoms with Crippen LogP contribution < -0.4 is 0 Å². The Labute approximate surface area is 194 Å². The molecule has 0 spiro atoms. The molecule has 0 saturated heterocycles. The zero-order valence-corrected chi connectivity index (χ0v) is 18.7. The van der Waals surface area contributed by atoms with Crippen molar-refractivity contribution in [2.45, 2.75) is 44.6 Å². The third-order valence-electron chi connectivity index (χ3n) is 6.71. The molecule has 1 aliphatic heterocycles. The molecule has 33 heavy (non-hydrogen) atoms. The summed E-state index contributed by atoms with van der Waals surface area (Å²) in [5.41, 5.74) is 2.88. The monoisotopic (exact) mass is 440 g/mol. The maximum Gasteiger partial charge on any atom is 0.309 e. The summed E-state index contributed by atoms with van der Waals surface area (Å²) in [5.74, 6) is -0.618. The highest BCUT2D eigenvalue weighted by molar-refractivity contribution is 6.05. The molecule has 1 atom stereocenters. The lowest BCUT2D eigenvalue weighted by Crippen LogP contribution is -2.32. The second kappa shape index (κ2) is 9.57. The van der Waals surface area contributed by atoms with Gasteiger partial charge < -0.3 is 4.74 Å². The van der Waals surface area contributed by atoms with Crippen molar-refractivity contribution in [3.8, 4) is 0 Å². The van der Waals surface area contributed by atoms with E-state index in [1.165, 1.54) is 16.8 Å². The molecule has 5 nitrogen and oxygen atoms in total. The molecule has 5 rings (SSSR count). The first kappa shape index (κ1) is 21.4. The molecule has 2 aliphatic rings. The Morgan fingerprint density at radius 2 is 1.61 bits per heavy atom. The zero-order valence-electron chi connectivity index (χ0n) is 18.7. The van der Waals surface area contributed by atoms with Gasteiger partial charge in [-0.1, -0.05) is 86.0 Å². The van der Waals surface area contributed by atoms with Crippen LogP contribution in [0.5, 0.6) is 0 Å². The number of carbonyl (C=O) groups is 2. The molecule has 0 radical (unpaired) electrons. The Bertz CT molecular complexity index is 1180. The number of rotatable bonds is 5. The summed E-state index contributed by atoms with van der Waals surface area (Å²) in [6.07, 6.45) is 5.60. The highest BCUT2D eigenvalue weighted by atomic mass is 16.5. The summed E-state index contributed by atoms with van der Waals surface area (Å²) in [4.78, 5) is 25.6. The van der Waals surface area contributed by atoms with Crippen molar-refractivity contribution in [2.24, 2.45) is 11.0 Å². The third-order valence-corrected chi connectivity index (χ3v) is 6.71. The second-order valence-corrected chi connectivity index (χ2v) is 8.92. The summed E-state index contributed by atoms with van der Waals surface area (Å²) < 4.78 is 5.44. The molecule has 168 valence electrons. The first-order chi connectivity index (χ1) is 16.2. The molecule has 0 bridgehead atoms. The van der Waals surface area contributed by atoms with Gasteiger partial charge >= 0.3 is 5.97 Å². The Morgan fingerprint density at radius 1 is 0.879 bits per heavy atom. The van der Waals surface area contributed by atoms with Gasteiger partial charge in [0.05, 0.1) is 17.7 Å². The van der Waals surface area contributed by atoms with Gasteiger partial charge in [-0.15, -0.1) is 0 Å². The fourth-order valence-electron chi connectivity index (χ4n) is 4.87. The number of esters is 1. The van der Waals surface area contributed by atoms with E-state index >= 15 is 0 Å². The Morgan fingerprint density at radius 3 is 2.39 bits per heavy atom. The molecule has 0 N–H and O–H groups in total. The topological polar surface area (TPSA) is 59.0 Å². The zero-order chi connectivity index (χ0) is 22.6. The predicted molar refractivity (Wildman–Crippen MR) is 129 cm³/mol. The SMILES string of the molecule is O=C(OCC(=O)N1N=C(c2ccc3ccccc3c2)CC1c1ccccc1)C1CCCCC1. The van der Waals surface area contributed by atoms with Crippen LogP contribution in [-0.2, 0) is 14.3 Å². The van der Waals surface area contributed by atoms with Crippen LogP contribution >= 0.6 is 0 Å². The van der Waals surface area contributed by atoms with Crippen LogP contribution in [0.4, 0.5) is 0 Å². The Kier molecular flexibility index (Phi) is 6.20. The number of hydrogen-bond acceptors (Lipinski definition) is 4. The van der Waals surface area contributed by atoms with E-state index in [9.17, 15) is 9.59 Å². The van der Waals surface area contributed by atoms with Crippen molar-refractivity contribution in [1.82, 2.24) is 5.01 Å². The summed E-state index contributed by atoms with van der Waals surface area (Å²) in [5, 5.41) is 8.54. The van der Waals surface area contributed by atoms with Crippen LogP contribution in [0.2, 0.25) is 0 Å². The molecular formula is C28H28N2O3. The lowest BCUT2D eigenvalue weighted by Gasteiger charge is -2.23. The number of benzene rings is 3. The fourth-order valence-corrected chi connectivity index (χ4v) is 4.87. The standard InChI is InChI=1S/C28H28N2O3/c31-27(19-33-28(32)22-12-5-2-6-13-22)30-26(21-10-3-1-4-11-21)18-25(29-30)24-16-15-20-9-7-8-14-23(20)17-24/h1,3-4,7-11,14-17,22,26H,2,5-6,12-13,18-19H2. The average molecular weight is 441 g/mol. The number of amides is 1. The van der Waals surface area contributed by atoms with Crippen molar-refractivity contribution in [2.75, 3.05) is 6.61 Å². The van der Waals surface area contributed by atoms with Crippen molar-refractivity contribution in [3.63, 3.8) is 0 Å². The molecule has 3 aromatic rings. The lowest BCUT2D eigenvalue weighted by molar-refractivity contribution is -0.157. The van der Waals surface area contributed by atoms with Gasteiger partial charge in [0.25, 0.3) is 5.91 Å². The van der Waals surface area contributed by atoms with Crippen LogP contribution in [-0.4, -0.2) is 29.2 Å². The number of hydrogen-bond donors (Lipinski definition) is 0. The largest absolute Gasteiger partial charge is 0.455 e. The summed E-state index contributed by atoms with van der Waals surface area (Å²) in [6, 6.07) is 24.2. The molecule has 1 heterocycles. The van der Waals surface area contributed by atoms with Gasteiger partial charge in [-0.25, -0.2) is 5.01 Å². The Hall–Kier alpha value is -3.47. The molecule has 1 saturated carbocycles. The van der Waals surface area contributed by atoms with Gasteiger partial charge in [-0.2, -0.15) is 5.10 Å². The highest BCUT2D eigenvalue weighted by Gasteiger charge is 2.34. The first-order valence-corrected chi connectivity index (χ1v) is 11.8. The molecule has 3 aromatic carbocycles. The van der Waals surface area contributed by atoms with E-state index in [1.807, 2.05) is 42.5 Å². The molecule has 1 fully saturated rings. The normalized spacial score (nSPS) is 18.8. The lowest BCUT2D eigenvalue weighted by atomic mass is 9.89. The number of carbonyl (C=O) groups excluding carboxylic acids is 2. The van der Waals surface area contributed by atoms with Crippen molar-refractivity contribution < 1.29 is 14.3 Å². The fraction of sp³-hybridized carbons (Fsp3) is 0.321. The smallest absolute Gasteiger partial charge is 0.309 e. The van der Waals surface area contributed by atoms with Gasteiger partial charge in [0.2, 0.25) is 0 Å². The second-order valence-electron chi connectivity index (χ2n) is 8.92. The first-order valence-electron chi connectivity index (χ1n) is 11.8. The molecule has 0 aromatic heterocycles. The third kappa shape index (κ3) is 4.68. The van der Waals surface area contributed by atoms with Crippen LogP contribution in [0.15, 0.2) is 77.9 Å². The van der Waals surface area contributed by atoms with Gasteiger partial charge in [0.1, 0.15) is 0 Å². The number of fused-ring (bicyclic) bond motifs is 1. The van der Waals surface area contributed by atoms with Crippen molar-refractivity contribution in [3.05, 3.63) is 83.9 Å². The summed E-state index contributed by atoms with van der Waals surface area (Å²) in [7, 11) is 0. The quantitative estimate of drug-likeness (QED) is 0.482. The van der Waals surface area contributed by atoms with E-state index in [0.29, 0.717) is 6.42 Å². The van der Waals surface area contributed by atoms with Crippen molar-refractivity contribution >= 4 is 28.4 Å². The average Bonchev–Trinajstić information content (AvgIpc) is 3.33. The van der Waals surface area contributed by atoms with E-state index < -0.39 is 0 Å². The number of nitrogens with zero attached hydrogens (tertiary/aromatic N) is 2. The van der Waals surface area contributed by atoms with Gasteiger partial charge in [0.15, 0.2) is 6.61 Å². The minimum Gasteiger partial charge on any atom is -0.455 e. The van der Waals surface area contributed by atoms with Gasteiger partial charge in [-0.3, -0.25) is 9.59 Å². The van der Waals surface area contributed by atoms with Crippen LogP contribution in [0.1, 0.15) is 55.7 Å². The minimum absolute atomic E-state index is 0.0771. The maximum absolute atomic E-state index is 13.1. The Balaban J connectivity index is 1.37. The number of hydrazone groups is 1. The maximum atomic E-state index is 13.1. The summed E-state index contributed by atoms with van der Waals surface area (Å²) >= 11 is 0. The van der Waals surface area contributed by atoms with Gasteiger partial charge in [0, 0.05) is 6.42 Å². The molecule has 1 unspecified atom stereocenters. The van der Waals surface area contributed by atoms with Crippen LogP contribution in [0, 0.1) is 5.92 Å². The van der Waals surface area contributed by atoms with Crippen molar-refractivity contribution in [1.29, 1.82) is 0 Å². The van der Waals surface area contributed by atoms with E-state index in [0.717, 1.165) is 47.9 Å². The molecule has 5 heteroatoms. The predicted octanol–water partition coefficient (Wildman–Crippen LogP) is 5.64. The summed E-state index contributed by atoms with van der Waals surface area (Å²) in [6.45, 7) is -0.271.